The van der Waals surface area contributed by atoms with Gasteiger partial charge in [0.2, 0.25) is 0 Å². The number of phosphoric acid groups is 1. The third-order valence-corrected chi connectivity index (χ3v) is 6.21. The van der Waals surface area contributed by atoms with Crippen molar-refractivity contribution in [3.05, 3.63) is 0 Å². The zero-order valence-corrected chi connectivity index (χ0v) is 22.0. The number of ether oxygens (including phenoxy) is 2. The van der Waals surface area contributed by atoms with Crippen LogP contribution in [0.1, 0.15) is 129 Å². The van der Waals surface area contributed by atoms with Crippen LogP contribution < -0.4 is 0 Å². The van der Waals surface area contributed by atoms with E-state index in [2.05, 4.69) is 18.4 Å². The van der Waals surface area contributed by atoms with E-state index in [1.807, 2.05) is 0 Å². The largest absolute Gasteiger partial charge is 0.469 e. The van der Waals surface area contributed by atoms with E-state index >= 15 is 0 Å². The Balaban J connectivity index is 3.74. The van der Waals surface area contributed by atoms with Crippen molar-refractivity contribution in [2.24, 2.45) is 0 Å². The molecule has 0 aromatic rings. The minimum absolute atomic E-state index is 0.140. The fraction of sp³-hybridized carbons (Fsp3) is 1.00. The fourth-order valence-electron chi connectivity index (χ4n) is 3.72. The molecular weight excluding hydrogens is 427 g/mol. The highest BCUT2D eigenvalue weighted by molar-refractivity contribution is 7.46. The van der Waals surface area contributed by atoms with Crippen LogP contribution in [0.4, 0.5) is 0 Å². The Bertz CT molecular complexity index is 415. The van der Waals surface area contributed by atoms with E-state index in [0.717, 1.165) is 25.7 Å². The van der Waals surface area contributed by atoms with Crippen molar-refractivity contribution in [3.63, 3.8) is 0 Å². The highest BCUT2D eigenvalue weighted by atomic mass is 31.2. The predicted molar refractivity (Wildman–Crippen MR) is 133 cm³/mol. The minimum atomic E-state index is -4.49. The van der Waals surface area contributed by atoms with Gasteiger partial charge >= 0.3 is 7.82 Å². The molecule has 1 unspecified atom stereocenters. The van der Waals surface area contributed by atoms with Gasteiger partial charge in [0.25, 0.3) is 0 Å². The highest BCUT2D eigenvalue weighted by Crippen LogP contribution is 2.35. The topological polar surface area (TPSA) is 85.2 Å². The lowest BCUT2D eigenvalue weighted by atomic mass is 10.1. The van der Waals surface area contributed by atoms with Crippen LogP contribution in [-0.4, -0.2) is 42.3 Å². The summed E-state index contributed by atoms with van der Waals surface area (Å²) in [6, 6.07) is 0. The van der Waals surface area contributed by atoms with Gasteiger partial charge in [0.05, 0.1) is 13.2 Å². The van der Waals surface area contributed by atoms with E-state index in [4.69, 9.17) is 19.3 Å². The molecule has 0 spiro atoms. The second-order valence-corrected chi connectivity index (χ2v) is 10.3. The highest BCUT2D eigenvalue weighted by Gasteiger charge is 2.19. The van der Waals surface area contributed by atoms with Gasteiger partial charge in [-0.25, -0.2) is 4.57 Å². The molecule has 7 heteroatoms. The first-order chi connectivity index (χ1) is 15.5. The van der Waals surface area contributed by atoms with Gasteiger partial charge in [0.1, 0.15) is 6.10 Å². The van der Waals surface area contributed by atoms with Crippen molar-refractivity contribution in [2.75, 3.05) is 26.4 Å². The molecule has 0 saturated heterocycles. The molecule has 0 aliphatic rings. The lowest BCUT2D eigenvalue weighted by Gasteiger charge is -2.18. The molecule has 6 nitrogen and oxygen atoms in total. The van der Waals surface area contributed by atoms with Crippen LogP contribution >= 0.6 is 7.82 Å². The smallest absolute Gasteiger partial charge is 0.379 e. The van der Waals surface area contributed by atoms with Crippen LogP contribution in [-0.2, 0) is 18.6 Å². The predicted octanol–water partition coefficient (Wildman–Crippen LogP) is 7.56. The summed E-state index contributed by atoms with van der Waals surface area (Å²) in [6.07, 6.45) is 22.2. The molecule has 32 heavy (non-hydrogen) atoms. The summed E-state index contributed by atoms with van der Waals surface area (Å²) in [7, 11) is -4.49. The molecular formula is C25H53O6P. The minimum Gasteiger partial charge on any atom is -0.379 e. The van der Waals surface area contributed by atoms with Gasteiger partial charge in [-0.1, -0.05) is 117 Å². The van der Waals surface area contributed by atoms with E-state index in [0.29, 0.717) is 19.8 Å². The molecule has 0 fully saturated rings. The first-order valence-corrected chi connectivity index (χ1v) is 14.9. The van der Waals surface area contributed by atoms with E-state index in [9.17, 15) is 4.57 Å². The van der Waals surface area contributed by atoms with E-state index < -0.39 is 13.9 Å². The van der Waals surface area contributed by atoms with Gasteiger partial charge in [-0.05, 0) is 12.8 Å². The van der Waals surface area contributed by atoms with Crippen molar-refractivity contribution in [1.82, 2.24) is 0 Å². The summed E-state index contributed by atoms with van der Waals surface area (Å²) in [4.78, 5) is 17.9. The number of hydrogen-bond acceptors (Lipinski definition) is 4. The number of unbranched alkanes of at least 4 members (excludes halogenated alkanes) is 16. The molecule has 0 heterocycles. The van der Waals surface area contributed by atoms with Crippen LogP contribution in [0.25, 0.3) is 0 Å². The lowest BCUT2D eigenvalue weighted by Crippen LogP contribution is -2.26. The Morgan fingerprint density at radius 3 is 1.44 bits per heavy atom. The van der Waals surface area contributed by atoms with Crippen molar-refractivity contribution >= 4 is 7.82 Å². The molecule has 0 saturated carbocycles. The zero-order valence-electron chi connectivity index (χ0n) is 21.1. The summed E-state index contributed by atoms with van der Waals surface area (Å²) < 4.78 is 27.2. The maximum absolute atomic E-state index is 11.0. The first-order valence-electron chi connectivity index (χ1n) is 13.4. The van der Waals surface area contributed by atoms with Crippen molar-refractivity contribution in [1.29, 1.82) is 0 Å². The van der Waals surface area contributed by atoms with E-state index in [1.54, 1.807) is 0 Å². The van der Waals surface area contributed by atoms with Crippen molar-refractivity contribution < 1.29 is 28.3 Å². The summed E-state index contributed by atoms with van der Waals surface area (Å²) in [5, 5.41) is 0. The van der Waals surface area contributed by atoms with Crippen LogP contribution in [0.15, 0.2) is 0 Å². The summed E-state index contributed by atoms with van der Waals surface area (Å²) in [5.41, 5.74) is 0. The normalized spacial score (nSPS) is 13.0. The maximum atomic E-state index is 11.0. The van der Waals surface area contributed by atoms with Gasteiger partial charge in [-0.15, -0.1) is 0 Å². The van der Waals surface area contributed by atoms with Gasteiger partial charge < -0.3 is 19.3 Å². The summed E-state index contributed by atoms with van der Waals surface area (Å²) >= 11 is 0. The SMILES string of the molecule is CCCCCCCCCCCCOCC(COP(=O)(O)O)OCCCCCCCCCC. The van der Waals surface area contributed by atoms with E-state index in [-0.39, 0.29) is 6.61 Å². The summed E-state index contributed by atoms with van der Waals surface area (Å²) in [6.45, 7) is 5.88. The Hall–Kier alpha value is 0.0300. The lowest BCUT2D eigenvalue weighted by molar-refractivity contribution is -0.0429. The summed E-state index contributed by atoms with van der Waals surface area (Å²) in [5.74, 6) is 0. The molecule has 194 valence electrons. The van der Waals surface area contributed by atoms with Gasteiger partial charge in [0.15, 0.2) is 0 Å². The number of phosphoric ester groups is 1. The van der Waals surface area contributed by atoms with Crippen LogP contribution in [0.3, 0.4) is 0 Å². The van der Waals surface area contributed by atoms with Gasteiger partial charge in [0, 0.05) is 13.2 Å². The zero-order chi connectivity index (χ0) is 23.8. The van der Waals surface area contributed by atoms with Gasteiger partial charge in [-0.3, -0.25) is 4.52 Å². The van der Waals surface area contributed by atoms with Crippen molar-refractivity contribution in [3.8, 4) is 0 Å². The first kappa shape index (κ1) is 32.0. The van der Waals surface area contributed by atoms with Crippen molar-refractivity contribution in [2.45, 2.75) is 136 Å². The number of rotatable bonds is 26. The molecule has 0 rings (SSSR count). The molecule has 0 aromatic heterocycles. The Morgan fingerprint density at radius 1 is 0.594 bits per heavy atom. The Labute approximate surface area is 198 Å². The average molecular weight is 481 g/mol. The second-order valence-electron chi connectivity index (χ2n) is 9.01. The van der Waals surface area contributed by atoms with Crippen LogP contribution in [0, 0.1) is 0 Å². The Kier molecular flexibility index (Phi) is 24.2. The number of hydrogen-bond donors (Lipinski definition) is 2. The molecule has 0 aliphatic carbocycles. The fourth-order valence-corrected chi connectivity index (χ4v) is 4.08. The molecule has 0 bridgehead atoms. The molecule has 2 N–H and O–H groups in total. The molecule has 0 aliphatic heterocycles. The third-order valence-electron chi connectivity index (χ3n) is 5.73. The molecule has 0 radical (unpaired) electrons. The monoisotopic (exact) mass is 480 g/mol. The standard InChI is InChI=1S/C25H53O6P/c1-3-5-7-9-11-13-14-15-17-19-21-29-23-25(24-31-32(26,27)28)30-22-20-18-16-12-10-8-6-4-2/h25H,3-24H2,1-2H3,(H2,26,27,28). The molecule has 0 amide bonds. The van der Waals surface area contributed by atoms with Crippen LogP contribution in [0.5, 0.6) is 0 Å². The van der Waals surface area contributed by atoms with E-state index in [1.165, 1.54) is 89.9 Å². The quantitative estimate of drug-likeness (QED) is 0.0981. The second kappa shape index (κ2) is 24.2. The van der Waals surface area contributed by atoms with Gasteiger partial charge in [-0.2, -0.15) is 0 Å². The maximum Gasteiger partial charge on any atom is 0.469 e. The van der Waals surface area contributed by atoms with Crippen LogP contribution in [0.2, 0.25) is 0 Å². The third kappa shape index (κ3) is 26.3. The Morgan fingerprint density at radius 2 is 1.00 bits per heavy atom. The molecule has 0 aromatic carbocycles. The molecule has 1 atom stereocenters. The average Bonchev–Trinajstić information content (AvgIpc) is 2.75.